The molecule has 0 aliphatic carbocycles. The summed E-state index contributed by atoms with van der Waals surface area (Å²) in [6.07, 6.45) is 0. The predicted molar refractivity (Wildman–Crippen MR) is 134 cm³/mol. The van der Waals surface area contributed by atoms with Gasteiger partial charge in [-0.2, -0.15) is 0 Å². The van der Waals surface area contributed by atoms with Gasteiger partial charge in [-0.3, -0.25) is 30.7 Å². The number of nitrogens with two attached hydrogens (primary N) is 3. The van der Waals surface area contributed by atoms with Crippen molar-refractivity contribution in [2.24, 2.45) is 17.5 Å². The number of carbonyl (C=O) groups is 3. The number of nitrogen functional groups attached to an aromatic ring is 3. The third-order valence-corrected chi connectivity index (χ3v) is 4.94. The first-order valence-electron chi connectivity index (χ1n) is 11.0. The van der Waals surface area contributed by atoms with Gasteiger partial charge in [-0.1, -0.05) is 0 Å². The van der Waals surface area contributed by atoms with Crippen molar-refractivity contribution in [3.05, 3.63) is 89.5 Å². The van der Waals surface area contributed by atoms with Crippen molar-refractivity contribution in [3.8, 4) is 35.3 Å². The number of hydrazine groups is 3. The van der Waals surface area contributed by atoms with Crippen LogP contribution in [-0.4, -0.2) is 32.7 Å². The van der Waals surface area contributed by atoms with Crippen LogP contribution in [0.25, 0.3) is 0 Å². The van der Waals surface area contributed by atoms with Crippen LogP contribution in [0.2, 0.25) is 0 Å². The Hall–Kier alpha value is -5.64. The zero-order valence-electron chi connectivity index (χ0n) is 20.0. The van der Waals surface area contributed by atoms with Crippen LogP contribution in [0.3, 0.4) is 0 Å². The van der Waals surface area contributed by atoms with Crippen LogP contribution in [0, 0.1) is 0 Å². The standard InChI is InChI=1S/C24H21N9O6/c25-31-19(34)13-1-7-16(8-2-13)37-22-28-23(38-17-9-3-14(4-10-17)20(35)32-26)30-24(29-22)39-18-11-5-15(6-12-18)21(36)33-27/h1-12H,25-27H2,(H,31,34)(H,32,35)(H,33,36). The molecule has 3 amide bonds. The van der Waals surface area contributed by atoms with E-state index < -0.39 is 17.7 Å². The van der Waals surface area contributed by atoms with Gasteiger partial charge in [0, 0.05) is 16.7 Å². The minimum Gasteiger partial charge on any atom is -0.424 e. The number of rotatable bonds is 9. The second kappa shape index (κ2) is 12.1. The summed E-state index contributed by atoms with van der Waals surface area (Å²) in [6, 6.07) is 17.4. The summed E-state index contributed by atoms with van der Waals surface area (Å²) in [5.41, 5.74) is 7.04. The Balaban J connectivity index is 1.61. The predicted octanol–water partition coefficient (Wildman–Crippen LogP) is 1.06. The number of amides is 3. The quantitative estimate of drug-likeness (QED) is 0.101. The molecular formula is C24H21N9O6. The number of hydrogen-bond acceptors (Lipinski definition) is 12. The van der Waals surface area contributed by atoms with Crippen LogP contribution in [0.4, 0.5) is 0 Å². The largest absolute Gasteiger partial charge is 0.424 e. The van der Waals surface area contributed by atoms with Crippen LogP contribution in [-0.2, 0) is 0 Å². The van der Waals surface area contributed by atoms with E-state index in [1.807, 2.05) is 16.3 Å². The van der Waals surface area contributed by atoms with Crippen molar-refractivity contribution in [3.63, 3.8) is 0 Å². The van der Waals surface area contributed by atoms with Crippen LogP contribution < -0.4 is 48.0 Å². The van der Waals surface area contributed by atoms with Crippen LogP contribution >= 0.6 is 0 Å². The molecule has 3 aromatic carbocycles. The molecule has 39 heavy (non-hydrogen) atoms. The number of ether oxygens (including phenoxy) is 3. The summed E-state index contributed by atoms with van der Waals surface area (Å²) in [7, 11) is 0. The molecule has 198 valence electrons. The molecule has 9 N–H and O–H groups in total. The Bertz CT molecular complexity index is 1290. The van der Waals surface area contributed by atoms with Crippen molar-refractivity contribution >= 4 is 17.7 Å². The molecule has 4 rings (SSSR count). The summed E-state index contributed by atoms with van der Waals surface area (Å²) < 4.78 is 17.1. The summed E-state index contributed by atoms with van der Waals surface area (Å²) >= 11 is 0. The molecule has 0 aliphatic heterocycles. The van der Waals surface area contributed by atoms with Gasteiger partial charge in [0.15, 0.2) is 0 Å². The highest BCUT2D eigenvalue weighted by Crippen LogP contribution is 2.27. The Morgan fingerprint density at radius 2 is 0.692 bits per heavy atom. The summed E-state index contributed by atoms with van der Waals surface area (Å²) in [6.45, 7) is 0. The Morgan fingerprint density at radius 1 is 0.462 bits per heavy atom. The monoisotopic (exact) mass is 531 g/mol. The first-order chi connectivity index (χ1) is 18.9. The van der Waals surface area contributed by atoms with Gasteiger partial charge >= 0.3 is 18.0 Å². The maximum atomic E-state index is 11.7. The van der Waals surface area contributed by atoms with Gasteiger partial charge in [0.05, 0.1) is 0 Å². The lowest BCUT2D eigenvalue weighted by atomic mass is 10.2. The van der Waals surface area contributed by atoms with Gasteiger partial charge in [0.1, 0.15) is 17.2 Å². The van der Waals surface area contributed by atoms with Crippen LogP contribution in [0.5, 0.6) is 35.3 Å². The summed E-state index contributed by atoms with van der Waals surface area (Å²) in [5, 5.41) is 0. The van der Waals surface area contributed by atoms with E-state index in [1.54, 1.807) is 0 Å². The van der Waals surface area contributed by atoms with E-state index in [1.165, 1.54) is 72.8 Å². The van der Waals surface area contributed by atoms with Gasteiger partial charge in [-0.25, -0.2) is 17.5 Å². The minimum absolute atomic E-state index is 0.190. The second-order valence-corrected chi connectivity index (χ2v) is 7.48. The first kappa shape index (κ1) is 26.4. The number of aromatic nitrogens is 3. The topological polar surface area (TPSA) is 232 Å². The summed E-state index contributed by atoms with van der Waals surface area (Å²) in [4.78, 5) is 47.5. The maximum Gasteiger partial charge on any atom is 0.331 e. The molecule has 0 spiro atoms. The van der Waals surface area contributed by atoms with E-state index in [0.717, 1.165) is 0 Å². The minimum atomic E-state index is -0.474. The fourth-order valence-electron chi connectivity index (χ4n) is 3.05. The third kappa shape index (κ3) is 6.77. The van der Waals surface area contributed by atoms with Crippen molar-refractivity contribution in [1.29, 1.82) is 0 Å². The Labute approximate surface area is 220 Å². The second-order valence-electron chi connectivity index (χ2n) is 7.48. The van der Waals surface area contributed by atoms with E-state index in [4.69, 9.17) is 31.7 Å². The highest BCUT2D eigenvalue weighted by molar-refractivity contribution is 5.94. The molecule has 0 fully saturated rings. The lowest BCUT2D eigenvalue weighted by Crippen LogP contribution is -2.29. The molecule has 1 aromatic heterocycles. The van der Waals surface area contributed by atoms with Gasteiger partial charge in [0.2, 0.25) is 0 Å². The first-order valence-corrected chi connectivity index (χ1v) is 11.0. The van der Waals surface area contributed by atoms with Crippen molar-refractivity contribution in [2.75, 3.05) is 0 Å². The van der Waals surface area contributed by atoms with Crippen LogP contribution in [0.1, 0.15) is 31.1 Å². The van der Waals surface area contributed by atoms with E-state index in [0.29, 0.717) is 33.9 Å². The molecule has 0 aliphatic rings. The fourth-order valence-corrected chi connectivity index (χ4v) is 3.05. The lowest BCUT2D eigenvalue weighted by molar-refractivity contribution is 0.0945. The zero-order chi connectivity index (χ0) is 27.8. The van der Waals surface area contributed by atoms with E-state index >= 15 is 0 Å². The number of nitrogens with one attached hydrogen (secondary N) is 3. The van der Waals surface area contributed by atoms with E-state index in [-0.39, 0.29) is 18.0 Å². The van der Waals surface area contributed by atoms with Gasteiger partial charge < -0.3 is 14.2 Å². The molecular weight excluding hydrogens is 510 g/mol. The molecule has 4 aromatic rings. The molecule has 15 nitrogen and oxygen atoms in total. The zero-order valence-corrected chi connectivity index (χ0v) is 20.0. The molecule has 0 bridgehead atoms. The molecule has 0 unspecified atom stereocenters. The molecule has 0 saturated carbocycles. The normalized spacial score (nSPS) is 10.2. The van der Waals surface area contributed by atoms with Crippen molar-refractivity contribution in [2.45, 2.75) is 0 Å². The molecule has 0 radical (unpaired) electrons. The highest BCUT2D eigenvalue weighted by atomic mass is 16.5. The molecule has 15 heteroatoms. The Morgan fingerprint density at radius 3 is 0.897 bits per heavy atom. The maximum absolute atomic E-state index is 11.7. The Kier molecular flexibility index (Phi) is 8.17. The fraction of sp³-hybridized carbons (Fsp3) is 0. The lowest BCUT2D eigenvalue weighted by Gasteiger charge is -2.10. The third-order valence-electron chi connectivity index (χ3n) is 4.94. The smallest absolute Gasteiger partial charge is 0.331 e. The highest BCUT2D eigenvalue weighted by Gasteiger charge is 2.14. The molecule has 1 heterocycles. The number of carbonyl (C=O) groups excluding carboxylic acids is 3. The van der Waals surface area contributed by atoms with E-state index in [2.05, 4.69) is 15.0 Å². The van der Waals surface area contributed by atoms with Gasteiger partial charge in [-0.05, 0) is 72.8 Å². The average molecular weight is 531 g/mol. The number of nitrogens with zero attached hydrogens (tertiary/aromatic N) is 3. The summed E-state index contributed by atoms with van der Waals surface area (Å²) in [5.74, 6) is 14.9. The van der Waals surface area contributed by atoms with Gasteiger partial charge in [0.25, 0.3) is 17.7 Å². The number of hydrogen-bond donors (Lipinski definition) is 6. The number of benzene rings is 3. The SMILES string of the molecule is NNC(=O)c1ccc(Oc2nc(Oc3ccc(C(=O)NN)cc3)nc(Oc3ccc(C(=O)NN)cc3)n2)cc1. The van der Waals surface area contributed by atoms with Crippen molar-refractivity contribution < 1.29 is 28.6 Å². The van der Waals surface area contributed by atoms with Crippen molar-refractivity contribution in [1.82, 2.24) is 31.2 Å². The molecule has 0 atom stereocenters. The van der Waals surface area contributed by atoms with Gasteiger partial charge in [-0.15, -0.1) is 15.0 Å². The van der Waals surface area contributed by atoms with Crippen LogP contribution in [0.15, 0.2) is 72.8 Å². The van der Waals surface area contributed by atoms with E-state index in [9.17, 15) is 14.4 Å². The molecule has 0 saturated heterocycles. The average Bonchev–Trinajstić information content (AvgIpc) is 2.97.